The summed E-state index contributed by atoms with van der Waals surface area (Å²) < 4.78 is 4.72. The van der Waals surface area contributed by atoms with Crippen molar-refractivity contribution in [1.82, 2.24) is 0 Å². The lowest BCUT2D eigenvalue weighted by Crippen LogP contribution is -2.10. The van der Waals surface area contributed by atoms with Gasteiger partial charge in [-0.3, -0.25) is 0 Å². The summed E-state index contributed by atoms with van der Waals surface area (Å²) in [5.41, 5.74) is 2.87. The Balaban J connectivity index is 2.31. The monoisotopic (exact) mass is 270 g/mol. The first kappa shape index (κ1) is 15.6. The largest absolute Gasteiger partial charge is 0.328 e. The van der Waals surface area contributed by atoms with Crippen molar-refractivity contribution in [3.63, 3.8) is 0 Å². The Kier molecular flexibility index (Phi) is 6.24. The van der Waals surface area contributed by atoms with E-state index in [9.17, 15) is 0 Å². The fraction of sp³-hybridized carbons (Fsp3) is 0.571. The fourth-order valence-electron chi connectivity index (χ4n) is 1.75. The first-order valence-electron chi connectivity index (χ1n) is 6.30. The molecule has 0 amide bonds. The van der Waals surface area contributed by atoms with Gasteiger partial charge in [-0.05, 0) is 35.8 Å². The Morgan fingerprint density at radius 2 is 1.67 bits per heavy atom. The predicted octanol–water partition coefficient (Wildman–Crippen LogP) is 3.53. The van der Waals surface area contributed by atoms with Crippen LogP contribution >= 0.6 is 8.60 Å². The molecular weight excluding hydrogens is 247 g/mol. The molecule has 0 saturated carbocycles. The van der Waals surface area contributed by atoms with Gasteiger partial charge in [-0.25, -0.2) is 0 Å². The number of benzene rings is 1. The quantitative estimate of drug-likeness (QED) is 0.614. The van der Waals surface area contributed by atoms with Crippen LogP contribution in [-0.2, 0) is 16.4 Å². The van der Waals surface area contributed by atoms with Crippen molar-refractivity contribution in [3.8, 4) is 0 Å². The second kappa shape index (κ2) is 7.20. The van der Waals surface area contributed by atoms with Crippen LogP contribution in [0.25, 0.3) is 0 Å². The van der Waals surface area contributed by atoms with Gasteiger partial charge in [0.25, 0.3) is 0 Å². The minimum Gasteiger partial charge on any atom is -0.328 e. The summed E-state index contributed by atoms with van der Waals surface area (Å²) in [5.74, 6) is 0. The van der Waals surface area contributed by atoms with Gasteiger partial charge in [0.1, 0.15) is 0 Å². The second-order valence-electron chi connectivity index (χ2n) is 5.49. The summed E-state index contributed by atoms with van der Waals surface area (Å²) in [6.45, 7) is 7.04. The van der Waals surface area contributed by atoms with E-state index in [1.54, 1.807) is 0 Å². The fourth-order valence-corrected chi connectivity index (χ4v) is 2.04. The van der Waals surface area contributed by atoms with Crippen molar-refractivity contribution < 1.29 is 14.3 Å². The summed E-state index contributed by atoms with van der Waals surface area (Å²) in [6.07, 6.45) is 2.85. The van der Waals surface area contributed by atoms with E-state index in [1.165, 1.54) is 11.1 Å². The van der Waals surface area contributed by atoms with Crippen molar-refractivity contribution in [2.45, 2.75) is 45.4 Å². The summed E-state index contributed by atoms with van der Waals surface area (Å²) >= 11 is 0. The number of rotatable bonds is 6. The van der Waals surface area contributed by atoms with Gasteiger partial charge in [0.05, 0.1) is 6.61 Å². The Bertz CT molecular complexity index is 341. The first-order chi connectivity index (χ1) is 8.39. The lowest BCUT2D eigenvalue weighted by Gasteiger charge is -2.19. The SMILES string of the molecule is CC(C)(C)c1ccc(CCCCOP(O)O)cc1. The summed E-state index contributed by atoms with van der Waals surface area (Å²) in [5, 5.41) is 0. The number of hydrogen-bond donors (Lipinski definition) is 2. The van der Waals surface area contributed by atoms with Gasteiger partial charge in [-0.2, -0.15) is 0 Å². The molecule has 0 atom stereocenters. The zero-order valence-corrected chi connectivity index (χ0v) is 12.3. The topological polar surface area (TPSA) is 49.7 Å². The zero-order chi connectivity index (χ0) is 13.6. The van der Waals surface area contributed by atoms with Crippen LogP contribution in [-0.4, -0.2) is 16.4 Å². The normalized spacial score (nSPS) is 12.1. The molecule has 1 aromatic rings. The maximum atomic E-state index is 8.57. The molecule has 0 aliphatic carbocycles. The molecule has 0 aliphatic heterocycles. The van der Waals surface area contributed by atoms with E-state index in [4.69, 9.17) is 14.3 Å². The molecule has 0 aliphatic rings. The van der Waals surface area contributed by atoms with Gasteiger partial charge < -0.3 is 14.3 Å². The molecule has 0 heterocycles. The van der Waals surface area contributed by atoms with Crippen LogP contribution in [0.2, 0.25) is 0 Å². The Hall–Kier alpha value is -0.470. The molecule has 3 nitrogen and oxygen atoms in total. The number of unbranched alkanes of at least 4 members (excludes halogenated alkanes) is 1. The highest BCUT2D eigenvalue weighted by molar-refractivity contribution is 7.39. The lowest BCUT2D eigenvalue weighted by atomic mass is 9.86. The van der Waals surface area contributed by atoms with Crippen LogP contribution in [0, 0.1) is 0 Å². The average molecular weight is 270 g/mol. The molecule has 1 rings (SSSR count). The van der Waals surface area contributed by atoms with Crippen LogP contribution in [0.3, 0.4) is 0 Å². The van der Waals surface area contributed by atoms with Crippen LogP contribution in [0.5, 0.6) is 0 Å². The van der Waals surface area contributed by atoms with Crippen molar-refractivity contribution in [3.05, 3.63) is 35.4 Å². The Morgan fingerprint density at radius 1 is 1.06 bits per heavy atom. The van der Waals surface area contributed by atoms with Crippen LogP contribution in [0.15, 0.2) is 24.3 Å². The third-order valence-corrected chi connectivity index (χ3v) is 3.30. The third kappa shape index (κ3) is 5.92. The maximum absolute atomic E-state index is 8.57. The van der Waals surface area contributed by atoms with E-state index in [1.807, 2.05) is 0 Å². The summed E-state index contributed by atoms with van der Waals surface area (Å²) in [7, 11) is -2.19. The molecule has 2 N–H and O–H groups in total. The molecule has 0 bridgehead atoms. The minimum atomic E-state index is -2.19. The van der Waals surface area contributed by atoms with Gasteiger partial charge in [0, 0.05) is 0 Å². The number of hydrogen-bond acceptors (Lipinski definition) is 3. The maximum Gasteiger partial charge on any atom is 0.327 e. The van der Waals surface area contributed by atoms with Crippen molar-refractivity contribution in [1.29, 1.82) is 0 Å². The van der Waals surface area contributed by atoms with Gasteiger partial charge >= 0.3 is 8.60 Å². The predicted molar refractivity (Wildman–Crippen MR) is 75.4 cm³/mol. The molecule has 1 aromatic carbocycles. The smallest absolute Gasteiger partial charge is 0.327 e. The standard InChI is InChI=1S/C14H23O3P/c1-14(2,3)13-9-7-12(8-10-13)6-4-5-11-17-18(15)16/h7-10,15-16H,4-6,11H2,1-3H3. The van der Waals surface area contributed by atoms with E-state index >= 15 is 0 Å². The minimum absolute atomic E-state index is 0.200. The Morgan fingerprint density at radius 3 is 2.17 bits per heavy atom. The first-order valence-corrected chi connectivity index (χ1v) is 7.46. The summed E-state index contributed by atoms with van der Waals surface area (Å²) in [4.78, 5) is 17.1. The molecule has 0 aromatic heterocycles. The molecule has 4 heteroatoms. The highest BCUT2D eigenvalue weighted by Crippen LogP contribution is 2.25. The van der Waals surface area contributed by atoms with Crippen LogP contribution < -0.4 is 0 Å². The van der Waals surface area contributed by atoms with E-state index in [2.05, 4.69) is 45.0 Å². The van der Waals surface area contributed by atoms with E-state index in [0.717, 1.165) is 19.3 Å². The van der Waals surface area contributed by atoms with Gasteiger partial charge in [0.15, 0.2) is 0 Å². The second-order valence-corrected chi connectivity index (χ2v) is 6.25. The average Bonchev–Trinajstić information content (AvgIpc) is 2.27. The molecule has 0 fully saturated rings. The Labute approximate surface area is 111 Å². The molecule has 0 saturated heterocycles. The van der Waals surface area contributed by atoms with Gasteiger partial charge in [0.2, 0.25) is 0 Å². The number of aryl methyl sites for hydroxylation is 1. The van der Waals surface area contributed by atoms with Crippen LogP contribution in [0.1, 0.15) is 44.7 Å². The zero-order valence-electron chi connectivity index (χ0n) is 11.4. The van der Waals surface area contributed by atoms with Crippen molar-refractivity contribution in [2.75, 3.05) is 6.61 Å². The molecule has 102 valence electrons. The molecule has 0 unspecified atom stereocenters. The highest BCUT2D eigenvalue weighted by Gasteiger charge is 2.12. The van der Waals surface area contributed by atoms with Crippen molar-refractivity contribution in [2.24, 2.45) is 0 Å². The van der Waals surface area contributed by atoms with E-state index < -0.39 is 8.60 Å². The lowest BCUT2D eigenvalue weighted by molar-refractivity contribution is 0.249. The van der Waals surface area contributed by atoms with Gasteiger partial charge in [-0.15, -0.1) is 0 Å². The third-order valence-electron chi connectivity index (χ3n) is 2.89. The van der Waals surface area contributed by atoms with Crippen molar-refractivity contribution >= 4 is 8.60 Å². The van der Waals surface area contributed by atoms with E-state index in [-0.39, 0.29) is 5.41 Å². The molecule has 18 heavy (non-hydrogen) atoms. The van der Waals surface area contributed by atoms with Gasteiger partial charge in [-0.1, -0.05) is 45.0 Å². The molecule has 0 radical (unpaired) electrons. The molecular formula is C14H23O3P. The molecule has 0 spiro atoms. The summed E-state index contributed by atoms with van der Waals surface area (Å²) in [6, 6.07) is 8.72. The van der Waals surface area contributed by atoms with E-state index in [0.29, 0.717) is 6.61 Å². The highest BCUT2D eigenvalue weighted by atomic mass is 31.2. The van der Waals surface area contributed by atoms with Crippen LogP contribution in [0.4, 0.5) is 0 Å².